The van der Waals surface area contributed by atoms with Crippen molar-refractivity contribution in [2.45, 2.75) is 18.0 Å². The SMILES string of the molecule is Cc1cc(S(=O)(=O)O)cnc1-c1ccccc1Cl.NC(=O)c1ccc(F)cc1C(F)(F)F. The van der Waals surface area contributed by atoms with Gasteiger partial charge in [-0.3, -0.25) is 14.3 Å². The number of carbonyl (C=O) groups is 1. The van der Waals surface area contributed by atoms with Crippen molar-refractivity contribution in [2.24, 2.45) is 5.73 Å². The molecule has 32 heavy (non-hydrogen) atoms. The van der Waals surface area contributed by atoms with E-state index in [1.165, 1.54) is 6.07 Å². The van der Waals surface area contributed by atoms with Crippen LogP contribution in [0.3, 0.4) is 0 Å². The van der Waals surface area contributed by atoms with E-state index in [9.17, 15) is 30.8 Å². The number of carbonyl (C=O) groups excluding carboxylic acids is 1. The average molecular weight is 491 g/mol. The Morgan fingerprint density at radius 2 is 1.75 bits per heavy atom. The Bertz CT molecular complexity index is 1260. The molecule has 2 aromatic carbocycles. The minimum Gasteiger partial charge on any atom is -0.366 e. The Morgan fingerprint density at radius 3 is 2.25 bits per heavy atom. The van der Waals surface area contributed by atoms with Gasteiger partial charge >= 0.3 is 6.18 Å². The van der Waals surface area contributed by atoms with E-state index in [0.717, 1.165) is 17.8 Å². The zero-order valence-corrected chi connectivity index (χ0v) is 17.8. The fraction of sp³-hybridized carbons (Fsp3) is 0.100. The van der Waals surface area contributed by atoms with E-state index in [4.69, 9.17) is 21.9 Å². The van der Waals surface area contributed by atoms with E-state index in [0.29, 0.717) is 22.3 Å². The molecule has 0 saturated heterocycles. The molecule has 170 valence electrons. The summed E-state index contributed by atoms with van der Waals surface area (Å²) < 4.78 is 80.0. The first-order valence-electron chi connectivity index (χ1n) is 8.57. The largest absolute Gasteiger partial charge is 0.417 e. The number of halogens is 5. The van der Waals surface area contributed by atoms with E-state index in [-0.39, 0.29) is 11.0 Å². The molecule has 6 nitrogen and oxygen atoms in total. The molecule has 3 rings (SSSR count). The highest BCUT2D eigenvalue weighted by molar-refractivity contribution is 7.85. The van der Waals surface area contributed by atoms with Gasteiger partial charge in [-0.25, -0.2) is 4.39 Å². The number of nitrogens with zero attached hydrogens (tertiary/aromatic N) is 1. The van der Waals surface area contributed by atoms with Gasteiger partial charge in [0.25, 0.3) is 10.1 Å². The van der Waals surface area contributed by atoms with Crippen LogP contribution in [0.5, 0.6) is 0 Å². The van der Waals surface area contributed by atoms with Gasteiger partial charge < -0.3 is 5.73 Å². The van der Waals surface area contributed by atoms with Crippen LogP contribution in [0.25, 0.3) is 11.3 Å². The molecule has 1 aromatic heterocycles. The molecular formula is C20H15ClF4N2O4S. The van der Waals surface area contributed by atoms with Gasteiger partial charge in [0.05, 0.1) is 16.8 Å². The summed E-state index contributed by atoms with van der Waals surface area (Å²) in [7, 11) is -4.23. The summed E-state index contributed by atoms with van der Waals surface area (Å²) in [6.07, 6.45) is -3.67. The number of hydrogen-bond donors (Lipinski definition) is 2. The van der Waals surface area contributed by atoms with Crippen LogP contribution in [0.4, 0.5) is 17.6 Å². The van der Waals surface area contributed by atoms with Gasteiger partial charge in [-0.15, -0.1) is 0 Å². The highest BCUT2D eigenvalue weighted by Gasteiger charge is 2.35. The monoisotopic (exact) mass is 490 g/mol. The summed E-state index contributed by atoms with van der Waals surface area (Å²) in [5.41, 5.74) is 4.54. The third-order valence-corrected chi connectivity index (χ3v) is 5.18. The minimum atomic E-state index is -4.79. The standard InChI is InChI=1S/C12H10ClNO3S.C8H5F4NO/c1-8-6-9(18(15,16)17)7-14-12(8)10-4-2-3-5-11(10)13;9-4-1-2-5(7(13)14)6(3-4)8(10,11)12/h2-7H,1H3,(H,15,16,17);1-3H,(H2,13,14). The molecule has 0 bridgehead atoms. The molecular weight excluding hydrogens is 476 g/mol. The smallest absolute Gasteiger partial charge is 0.366 e. The van der Waals surface area contributed by atoms with Crippen molar-refractivity contribution in [3.05, 3.63) is 82.3 Å². The summed E-state index contributed by atoms with van der Waals surface area (Å²) in [5.74, 6) is -2.31. The maximum Gasteiger partial charge on any atom is 0.417 e. The van der Waals surface area contributed by atoms with E-state index >= 15 is 0 Å². The molecule has 12 heteroatoms. The van der Waals surface area contributed by atoms with E-state index in [1.807, 2.05) is 6.07 Å². The van der Waals surface area contributed by atoms with Gasteiger partial charge in [-0.1, -0.05) is 29.8 Å². The molecule has 0 radical (unpaired) electrons. The highest BCUT2D eigenvalue weighted by atomic mass is 35.5. The van der Waals surface area contributed by atoms with E-state index in [1.54, 1.807) is 25.1 Å². The van der Waals surface area contributed by atoms with Gasteiger partial charge in [0.15, 0.2) is 0 Å². The van der Waals surface area contributed by atoms with Crippen molar-refractivity contribution in [3.8, 4) is 11.3 Å². The molecule has 0 spiro atoms. The van der Waals surface area contributed by atoms with Crippen LogP contribution in [0, 0.1) is 12.7 Å². The summed E-state index contributed by atoms with van der Waals surface area (Å²) >= 11 is 6.05. The van der Waals surface area contributed by atoms with Crippen LogP contribution in [0.2, 0.25) is 5.02 Å². The second-order valence-corrected chi connectivity index (χ2v) is 8.17. The first-order chi connectivity index (χ1) is 14.7. The Balaban J connectivity index is 0.000000235. The van der Waals surface area contributed by atoms with Crippen LogP contribution in [0.15, 0.2) is 59.6 Å². The lowest BCUT2D eigenvalue weighted by atomic mass is 10.1. The van der Waals surface area contributed by atoms with Crippen molar-refractivity contribution >= 4 is 27.6 Å². The van der Waals surface area contributed by atoms with Crippen LogP contribution < -0.4 is 5.73 Å². The predicted molar refractivity (Wildman–Crippen MR) is 109 cm³/mol. The molecule has 0 fully saturated rings. The molecule has 0 aliphatic carbocycles. The van der Waals surface area contributed by atoms with Crippen molar-refractivity contribution in [1.82, 2.24) is 4.98 Å². The van der Waals surface area contributed by atoms with Gasteiger partial charge in [0.2, 0.25) is 5.91 Å². The Hall–Kier alpha value is -3.02. The molecule has 3 N–H and O–H groups in total. The molecule has 0 atom stereocenters. The van der Waals surface area contributed by atoms with Crippen molar-refractivity contribution < 1.29 is 35.3 Å². The third-order valence-electron chi connectivity index (χ3n) is 4.03. The molecule has 1 amide bonds. The summed E-state index contributed by atoms with van der Waals surface area (Å²) in [6.45, 7) is 1.71. The van der Waals surface area contributed by atoms with E-state index in [2.05, 4.69) is 4.98 Å². The Morgan fingerprint density at radius 1 is 1.12 bits per heavy atom. The third kappa shape index (κ3) is 6.25. The number of rotatable bonds is 3. The summed E-state index contributed by atoms with van der Waals surface area (Å²) in [4.78, 5) is 14.4. The number of alkyl halides is 3. The second-order valence-electron chi connectivity index (χ2n) is 6.34. The second kappa shape index (κ2) is 9.63. The molecule has 0 aliphatic heterocycles. The zero-order chi connectivity index (χ0) is 24.3. The van der Waals surface area contributed by atoms with Gasteiger partial charge in [-0.2, -0.15) is 21.6 Å². The number of benzene rings is 2. The van der Waals surface area contributed by atoms with Crippen molar-refractivity contribution in [1.29, 1.82) is 0 Å². The fourth-order valence-corrected chi connectivity index (χ4v) is 3.33. The molecule has 0 unspecified atom stereocenters. The molecule has 3 aromatic rings. The summed E-state index contributed by atoms with van der Waals surface area (Å²) in [6, 6.07) is 10.2. The number of primary amides is 1. The Labute approximate surface area is 185 Å². The van der Waals surface area contributed by atoms with Crippen LogP contribution in [-0.4, -0.2) is 23.9 Å². The van der Waals surface area contributed by atoms with Gasteiger partial charge in [0.1, 0.15) is 10.7 Å². The van der Waals surface area contributed by atoms with Crippen molar-refractivity contribution in [3.63, 3.8) is 0 Å². The normalized spacial score (nSPS) is 11.5. The molecule has 0 aliphatic rings. The lowest BCUT2D eigenvalue weighted by Gasteiger charge is -2.09. The number of aryl methyl sites for hydroxylation is 1. The number of aromatic nitrogens is 1. The van der Waals surface area contributed by atoms with Crippen molar-refractivity contribution in [2.75, 3.05) is 0 Å². The number of pyridine rings is 1. The highest BCUT2D eigenvalue weighted by Crippen LogP contribution is 2.32. The fourth-order valence-electron chi connectivity index (χ4n) is 2.59. The summed E-state index contributed by atoms with van der Waals surface area (Å²) in [5, 5.41) is 0.535. The molecule has 0 saturated carbocycles. The number of amides is 1. The predicted octanol–water partition coefficient (Wildman–Crippen LogP) is 4.90. The maximum atomic E-state index is 12.5. The van der Waals surface area contributed by atoms with Gasteiger partial charge in [0, 0.05) is 16.8 Å². The first-order valence-corrected chi connectivity index (χ1v) is 10.4. The van der Waals surface area contributed by atoms with Gasteiger partial charge in [-0.05, 0) is 42.8 Å². The Kier molecular flexibility index (Phi) is 7.60. The van der Waals surface area contributed by atoms with Crippen LogP contribution in [-0.2, 0) is 16.3 Å². The van der Waals surface area contributed by atoms with Crippen LogP contribution >= 0.6 is 11.6 Å². The molecule has 1 heterocycles. The minimum absolute atomic E-state index is 0.226. The average Bonchev–Trinajstić information content (AvgIpc) is 2.67. The lowest BCUT2D eigenvalue weighted by molar-refractivity contribution is -0.138. The first kappa shape index (κ1) is 25.2. The lowest BCUT2D eigenvalue weighted by Crippen LogP contribution is -2.18. The topological polar surface area (TPSA) is 110 Å². The zero-order valence-electron chi connectivity index (χ0n) is 16.2. The number of nitrogens with two attached hydrogens (primary N) is 1. The maximum absolute atomic E-state index is 12.5. The number of hydrogen-bond acceptors (Lipinski definition) is 4. The quantitative estimate of drug-likeness (QED) is 0.401. The van der Waals surface area contributed by atoms with Crippen LogP contribution in [0.1, 0.15) is 21.5 Å². The van der Waals surface area contributed by atoms with E-state index < -0.39 is 39.1 Å².